The van der Waals surface area contributed by atoms with E-state index < -0.39 is 5.60 Å². The van der Waals surface area contributed by atoms with E-state index in [0.717, 1.165) is 12.2 Å². The minimum atomic E-state index is -0.791. The molecule has 108 valence electrons. The molecule has 19 heavy (non-hydrogen) atoms. The summed E-state index contributed by atoms with van der Waals surface area (Å²) in [7, 11) is 1.68. The Morgan fingerprint density at radius 1 is 1.42 bits per heavy atom. The van der Waals surface area contributed by atoms with Gasteiger partial charge in [-0.1, -0.05) is 6.92 Å². The van der Waals surface area contributed by atoms with E-state index >= 15 is 0 Å². The minimum Gasteiger partial charge on any atom is -0.489 e. The predicted molar refractivity (Wildman–Crippen MR) is 74.2 cm³/mol. The second-order valence-electron chi connectivity index (χ2n) is 4.79. The topological polar surface area (TPSA) is 63.6 Å². The third-order valence-corrected chi connectivity index (χ3v) is 2.90. The van der Waals surface area contributed by atoms with E-state index in [0.29, 0.717) is 25.3 Å². The fourth-order valence-corrected chi connectivity index (χ4v) is 1.33. The summed E-state index contributed by atoms with van der Waals surface area (Å²) in [4.78, 5) is 4.29. The summed E-state index contributed by atoms with van der Waals surface area (Å²) >= 11 is 0. The standard InChI is InChI=1S/C14H24N2O3/c1-4-14(2,17)11-19-13-6-5-12(16-10-13)9-15-7-8-18-3/h5-6,10,15,17H,4,7-9,11H2,1-3H3. The summed E-state index contributed by atoms with van der Waals surface area (Å²) in [5.74, 6) is 0.675. The molecule has 1 rings (SSSR count). The third kappa shape index (κ3) is 6.52. The normalized spacial score (nSPS) is 14.1. The highest BCUT2D eigenvalue weighted by molar-refractivity contribution is 5.20. The highest BCUT2D eigenvalue weighted by atomic mass is 16.5. The smallest absolute Gasteiger partial charge is 0.137 e. The Kier molecular flexibility index (Phi) is 6.77. The van der Waals surface area contributed by atoms with Crippen LogP contribution in [0.3, 0.4) is 0 Å². The molecule has 0 saturated carbocycles. The zero-order valence-corrected chi connectivity index (χ0v) is 12.0. The summed E-state index contributed by atoms with van der Waals surface area (Å²) in [5.41, 5.74) is 0.158. The van der Waals surface area contributed by atoms with Gasteiger partial charge in [0.05, 0.1) is 24.1 Å². The molecule has 0 aliphatic carbocycles. The van der Waals surface area contributed by atoms with Crippen LogP contribution in [0, 0.1) is 0 Å². The second kappa shape index (κ2) is 8.09. The van der Waals surface area contributed by atoms with Gasteiger partial charge in [-0.2, -0.15) is 0 Å². The molecule has 0 saturated heterocycles. The Morgan fingerprint density at radius 2 is 2.21 bits per heavy atom. The van der Waals surface area contributed by atoms with Crippen molar-refractivity contribution in [2.24, 2.45) is 0 Å². The summed E-state index contributed by atoms with van der Waals surface area (Å²) in [5, 5.41) is 13.1. The van der Waals surface area contributed by atoms with Crippen molar-refractivity contribution in [3.8, 4) is 5.75 Å². The van der Waals surface area contributed by atoms with E-state index in [1.54, 1.807) is 20.2 Å². The van der Waals surface area contributed by atoms with Gasteiger partial charge in [-0.25, -0.2) is 0 Å². The van der Waals surface area contributed by atoms with E-state index in [9.17, 15) is 5.11 Å². The van der Waals surface area contributed by atoms with Crippen LogP contribution in [0.5, 0.6) is 5.75 Å². The molecule has 2 N–H and O–H groups in total. The van der Waals surface area contributed by atoms with Gasteiger partial charge >= 0.3 is 0 Å². The first-order valence-corrected chi connectivity index (χ1v) is 6.57. The van der Waals surface area contributed by atoms with Gasteiger partial charge in [0.25, 0.3) is 0 Å². The van der Waals surface area contributed by atoms with Gasteiger partial charge in [0.2, 0.25) is 0 Å². The van der Waals surface area contributed by atoms with E-state index in [1.807, 2.05) is 19.1 Å². The molecule has 0 aliphatic heterocycles. The number of aromatic nitrogens is 1. The molecule has 0 amide bonds. The molecule has 5 heteroatoms. The number of ether oxygens (including phenoxy) is 2. The Labute approximate surface area is 115 Å². The van der Waals surface area contributed by atoms with Crippen LogP contribution in [0.1, 0.15) is 26.0 Å². The minimum absolute atomic E-state index is 0.274. The Balaban J connectivity index is 2.35. The largest absolute Gasteiger partial charge is 0.489 e. The van der Waals surface area contributed by atoms with Gasteiger partial charge in [-0.3, -0.25) is 4.98 Å². The van der Waals surface area contributed by atoms with Crippen LogP contribution in [0.2, 0.25) is 0 Å². The molecule has 0 bridgehead atoms. The molecule has 0 aliphatic rings. The summed E-state index contributed by atoms with van der Waals surface area (Å²) < 4.78 is 10.5. The predicted octanol–water partition coefficient (Wildman–Crippen LogP) is 1.36. The van der Waals surface area contributed by atoms with Crippen LogP contribution >= 0.6 is 0 Å². The third-order valence-electron chi connectivity index (χ3n) is 2.90. The number of hydrogen-bond acceptors (Lipinski definition) is 5. The van der Waals surface area contributed by atoms with Gasteiger partial charge in [-0.05, 0) is 25.5 Å². The fraction of sp³-hybridized carbons (Fsp3) is 0.643. The van der Waals surface area contributed by atoms with Crippen LogP contribution < -0.4 is 10.1 Å². The molecule has 0 radical (unpaired) electrons. The number of nitrogens with zero attached hydrogens (tertiary/aromatic N) is 1. The van der Waals surface area contributed by atoms with E-state index in [-0.39, 0.29) is 6.61 Å². The molecule has 0 spiro atoms. The molecule has 1 heterocycles. The van der Waals surface area contributed by atoms with Crippen molar-refractivity contribution in [2.45, 2.75) is 32.4 Å². The first kappa shape index (κ1) is 15.9. The maximum Gasteiger partial charge on any atom is 0.137 e. The number of methoxy groups -OCH3 is 1. The Hall–Kier alpha value is -1.17. The second-order valence-corrected chi connectivity index (χ2v) is 4.79. The fourth-order valence-electron chi connectivity index (χ4n) is 1.33. The number of pyridine rings is 1. The van der Waals surface area contributed by atoms with Gasteiger partial charge in [0.15, 0.2) is 0 Å². The zero-order valence-electron chi connectivity index (χ0n) is 12.0. The molecule has 1 unspecified atom stereocenters. The lowest BCUT2D eigenvalue weighted by Gasteiger charge is -2.21. The SMILES string of the molecule is CCC(C)(O)COc1ccc(CNCCOC)nc1. The van der Waals surface area contributed by atoms with E-state index in [2.05, 4.69) is 10.3 Å². The van der Waals surface area contributed by atoms with Crippen LogP contribution in [0.4, 0.5) is 0 Å². The maximum absolute atomic E-state index is 9.84. The monoisotopic (exact) mass is 268 g/mol. The molecular formula is C14H24N2O3. The van der Waals surface area contributed by atoms with Crippen molar-refractivity contribution < 1.29 is 14.6 Å². The maximum atomic E-state index is 9.84. The average molecular weight is 268 g/mol. The van der Waals surface area contributed by atoms with Crippen molar-refractivity contribution >= 4 is 0 Å². The van der Waals surface area contributed by atoms with Crippen LogP contribution in [0.25, 0.3) is 0 Å². The molecule has 0 aromatic carbocycles. The number of nitrogens with one attached hydrogen (secondary N) is 1. The van der Waals surface area contributed by atoms with Crippen molar-refractivity contribution in [3.05, 3.63) is 24.0 Å². The first-order chi connectivity index (χ1) is 9.07. The highest BCUT2D eigenvalue weighted by Gasteiger charge is 2.18. The average Bonchev–Trinajstić information content (AvgIpc) is 2.43. The number of aliphatic hydroxyl groups is 1. The molecule has 0 fully saturated rings. The molecule has 1 aromatic heterocycles. The van der Waals surface area contributed by atoms with Crippen molar-refractivity contribution in [1.29, 1.82) is 0 Å². The lowest BCUT2D eigenvalue weighted by molar-refractivity contribution is 0.00835. The zero-order chi connectivity index (χ0) is 14.1. The van der Waals surface area contributed by atoms with Crippen LogP contribution in [-0.4, -0.2) is 42.6 Å². The quantitative estimate of drug-likeness (QED) is 0.662. The Bertz CT molecular complexity index is 352. The summed E-state index contributed by atoms with van der Waals surface area (Å²) in [6, 6.07) is 3.78. The summed E-state index contributed by atoms with van der Waals surface area (Å²) in [6.07, 6.45) is 2.33. The van der Waals surface area contributed by atoms with Gasteiger partial charge < -0.3 is 19.9 Å². The van der Waals surface area contributed by atoms with E-state index in [1.165, 1.54) is 0 Å². The lowest BCUT2D eigenvalue weighted by atomic mass is 10.1. The van der Waals surface area contributed by atoms with Gasteiger partial charge in [0, 0.05) is 20.2 Å². The number of hydrogen-bond donors (Lipinski definition) is 2. The van der Waals surface area contributed by atoms with E-state index in [4.69, 9.17) is 9.47 Å². The van der Waals surface area contributed by atoms with Gasteiger partial charge in [-0.15, -0.1) is 0 Å². The van der Waals surface area contributed by atoms with Crippen molar-refractivity contribution in [3.63, 3.8) is 0 Å². The number of rotatable bonds is 9. The van der Waals surface area contributed by atoms with Crippen LogP contribution in [0.15, 0.2) is 18.3 Å². The molecule has 1 atom stereocenters. The summed E-state index contributed by atoms with van der Waals surface area (Å²) in [6.45, 7) is 6.15. The highest BCUT2D eigenvalue weighted by Crippen LogP contribution is 2.14. The van der Waals surface area contributed by atoms with Crippen molar-refractivity contribution in [2.75, 3.05) is 26.9 Å². The lowest BCUT2D eigenvalue weighted by Crippen LogP contribution is -2.31. The van der Waals surface area contributed by atoms with Crippen LogP contribution in [-0.2, 0) is 11.3 Å². The Morgan fingerprint density at radius 3 is 2.79 bits per heavy atom. The van der Waals surface area contributed by atoms with Gasteiger partial charge in [0.1, 0.15) is 12.4 Å². The molecule has 1 aromatic rings. The molecular weight excluding hydrogens is 244 g/mol. The van der Waals surface area contributed by atoms with Crippen molar-refractivity contribution in [1.82, 2.24) is 10.3 Å². The first-order valence-electron chi connectivity index (χ1n) is 6.57. The molecule has 5 nitrogen and oxygen atoms in total.